The number of carbonyl (C=O) groups is 1. The predicted octanol–water partition coefficient (Wildman–Crippen LogP) is 4.09. The molecule has 4 rings (SSSR count). The van der Waals surface area contributed by atoms with Gasteiger partial charge in [0.2, 0.25) is 5.91 Å². The van der Waals surface area contributed by atoms with Crippen molar-refractivity contribution in [3.63, 3.8) is 0 Å². The molecule has 0 bridgehead atoms. The monoisotopic (exact) mass is 430 g/mol. The fourth-order valence-corrected chi connectivity index (χ4v) is 5.36. The number of hydrogen-bond acceptors (Lipinski definition) is 6. The van der Waals surface area contributed by atoms with Gasteiger partial charge >= 0.3 is 0 Å². The molecule has 0 saturated heterocycles. The van der Waals surface area contributed by atoms with Crippen molar-refractivity contribution in [2.24, 2.45) is 0 Å². The number of sulfonamides is 1. The number of furan rings is 1. The molecule has 4 aromatic rings. The molecule has 0 saturated carbocycles. The lowest BCUT2D eigenvalue weighted by Gasteiger charge is -2.11. The van der Waals surface area contributed by atoms with Crippen LogP contribution < -0.4 is 14.8 Å². The lowest BCUT2D eigenvalue weighted by Crippen LogP contribution is -2.18. The molecule has 0 atom stereocenters. The first-order chi connectivity index (χ1) is 13.9. The van der Waals surface area contributed by atoms with Gasteiger partial charge in [-0.1, -0.05) is 18.2 Å². The highest BCUT2D eigenvalue weighted by Gasteiger charge is 2.21. The first kappa shape index (κ1) is 19.3. The minimum atomic E-state index is -3.83. The van der Waals surface area contributed by atoms with E-state index >= 15 is 0 Å². The molecule has 9 heteroatoms. The molecule has 0 fully saturated rings. The van der Waals surface area contributed by atoms with Gasteiger partial charge in [-0.2, -0.15) is 0 Å². The van der Waals surface area contributed by atoms with Gasteiger partial charge in [-0.25, -0.2) is 8.42 Å². The maximum absolute atomic E-state index is 12.9. The summed E-state index contributed by atoms with van der Waals surface area (Å²) in [5.74, 6) is 0.215. The third-order valence-corrected chi connectivity index (χ3v) is 7.30. The predicted molar refractivity (Wildman–Crippen MR) is 113 cm³/mol. The van der Waals surface area contributed by atoms with Crippen molar-refractivity contribution in [1.82, 2.24) is 5.32 Å². The van der Waals surface area contributed by atoms with E-state index in [9.17, 15) is 13.2 Å². The number of benzene rings is 2. The van der Waals surface area contributed by atoms with Gasteiger partial charge in [0.15, 0.2) is 0 Å². The molecule has 0 aliphatic rings. The minimum absolute atomic E-state index is 0.143. The van der Waals surface area contributed by atoms with E-state index in [4.69, 9.17) is 9.15 Å². The van der Waals surface area contributed by atoms with Crippen LogP contribution in [0, 0.1) is 0 Å². The van der Waals surface area contributed by atoms with E-state index in [0.29, 0.717) is 16.9 Å². The maximum Gasteiger partial charge on any atom is 0.271 e. The Morgan fingerprint density at radius 1 is 1.10 bits per heavy atom. The lowest BCUT2D eigenvalue weighted by molar-refractivity contribution is -0.119. The zero-order valence-electron chi connectivity index (χ0n) is 15.7. The van der Waals surface area contributed by atoms with Gasteiger partial charge in [-0.3, -0.25) is 9.52 Å². The summed E-state index contributed by atoms with van der Waals surface area (Å²) >= 11 is 1.09. The second-order valence-corrected chi connectivity index (χ2v) is 9.46. The molecule has 1 amide bonds. The molecule has 2 N–H and O–H groups in total. The summed E-state index contributed by atoms with van der Waals surface area (Å²) in [5, 5.41) is 4.42. The second-order valence-electron chi connectivity index (χ2n) is 6.38. The molecular formula is C20H18N2O5S2. The van der Waals surface area contributed by atoms with Crippen LogP contribution in [0.3, 0.4) is 0 Å². The third-order valence-electron chi connectivity index (χ3n) is 4.36. The highest BCUT2D eigenvalue weighted by Crippen LogP contribution is 2.37. The number of carbonyl (C=O) groups excluding carboxylic acids is 1. The number of methoxy groups -OCH3 is 1. The number of fused-ring (bicyclic) bond motifs is 3. The maximum atomic E-state index is 12.9. The first-order valence-corrected chi connectivity index (χ1v) is 11.0. The number of ether oxygens (including phenoxy) is 1. The van der Waals surface area contributed by atoms with Crippen LogP contribution in [0.5, 0.6) is 5.75 Å². The number of thiophene rings is 1. The van der Waals surface area contributed by atoms with Crippen molar-refractivity contribution >= 4 is 54.9 Å². The summed E-state index contributed by atoms with van der Waals surface area (Å²) in [4.78, 5) is 11.8. The van der Waals surface area contributed by atoms with Crippen molar-refractivity contribution in [2.75, 3.05) is 11.8 Å². The molecule has 2 heterocycles. The van der Waals surface area contributed by atoms with Crippen LogP contribution in [0.4, 0.5) is 5.69 Å². The Balaban J connectivity index is 1.69. The molecule has 2 aromatic carbocycles. The Kier molecular flexibility index (Phi) is 4.93. The number of para-hydroxylation sites is 1. The highest BCUT2D eigenvalue weighted by atomic mass is 32.2. The fraction of sp³-hybridized carbons (Fsp3) is 0.150. The van der Waals surface area contributed by atoms with Crippen molar-refractivity contribution in [1.29, 1.82) is 0 Å². The molecule has 0 spiro atoms. The quantitative estimate of drug-likeness (QED) is 0.480. The Labute approximate surface area is 171 Å². The topological polar surface area (TPSA) is 97.6 Å². The fourth-order valence-electron chi connectivity index (χ4n) is 3.00. The number of amides is 1. The van der Waals surface area contributed by atoms with E-state index in [0.717, 1.165) is 27.0 Å². The SMILES string of the molecule is COc1cc2c(cc1NS(=O)(=O)c1ccc(CNC(C)=O)s1)oc1ccccc12. The summed E-state index contributed by atoms with van der Waals surface area (Å²) in [6.45, 7) is 1.69. The first-order valence-electron chi connectivity index (χ1n) is 8.72. The van der Waals surface area contributed by atoms with Crippen molar-refractivity contribution in [3.05, 3.63) is 53.4 Å². The Morgan fingerprint density at radius 3 is 2.66 bits per heavy atom. The van der Waals surface area contributed by atoms with Crippen LogP contribution in [0.2, 0.25) is 0 Å². The summed E-state index contributed by atoms with van der Waals surface area (Å²) in [7, 11) is -2.34. The summed E-state index contributed by atoms with van der Waals surface area (Å²) in [6.07, 6.45) is 0. The van der Waals surface area contributed by atoms with Crippen LogP contribution in [0.1, 0.15) is 11.8 Å². The van der Waals surface area contributed by atoms with Crippen LogP contribution >= 0.6 is 11.3 Å². The number of rotatable bonds is 6. The van der Waals surface area contributed by atoms with E-state index in [1.807, 2.05) is 24.3 Å². The largest absolute Gasteiger partial charge is 0.495 e. The van der Waals surface area contributed by atoms with Gasteiger partial charge < -0.3 is 14.5 Å². The van der Waals surface area contributed by atoms with E-state index in [1.165, 1.54) is 20.1 Å². The number of hydrogen-bond donors (Lipinski definition) is 2. The molecule has 2 aromatic heterocycles. The average Bonchev–Trinajstić information content (AvgIpc) is 3.30. The zero-order chi connectivity index (χ0) is 20.6. The average molecular weight is 431 g/mol. The smallest absolute Gasteiger partial charge is 0.271 e. The molecule has 150 valence electrons. The molecular weight excluding hydrogens is 412 g/mol. The van der Waals surface area contributed by atoms with E-state index in [-0.39, 0.29) is 22.3 Å². The lowest BCUT2D eigenvalue weighted by atomic mass is 10.1. The van der Waals surface area contributed by atoms with Gasteiger partial charge in [0.05, 0.1) is 19.3 Å². The van der Waals surface area contributed by atoms with Crippen molar-refractivity contribution in [3.8, 4) is 5.75 Å². The molecule has 0 aliphatic heterocycles. The van der Waals surface area contributed by atoms with Crippen LogP contribution in [-0.4, -0.2) is 21.4 Å². The normalized spacial score (nSPS) is 11.7. The minimum Gasteiger partial charge on any atom is -0.495 e. The zero-order valence-corrected chi connectivity index (χ0v) is 17.3. The van der Waals surface area contributed by atoms with Gasteiger partial charge in [0.1, 0.15) is 21.1 Å². The van der Waals surface area contributed by atoms with Gasteiger partial charge in [-0.05, 0) is 24.3 Å². The second kappa shape index (κ2) is 7.41. The molecule has 0 unspecified atom stereocenters. The van der Waals surface area contributed by atoms with E-state index in [2.05, 4.69) is 10.0 Å². The Hall–Kier alpha value is -3.04. The Bertz CT molecular complexity index is 1320. The summed E-state index contributed by atoms with van der Waals surface area (Å²) in [5.41, 5.74) is 1.56. The summed E-state index contributed by atoms with van der Waals surface area (Å²) in [6, 6.07) is 14.1. The van der Waals surface area contributed by atoms with Gasteiger partial charge in [0, 0.05) is 28.6 Å². The van der Waals surface area contributed by atoms with Gasteiger partial charge in [0.25, 0.3) is 10.0 Å². The van der Waals surface area contributed by atoms with Crippen LogP contribution in [0.15, 0.2) is 57.2 Å². The molecule has 0 radical (unpaired) electrons. The van der Waals surface area contributed by atoms with Crippen LogP contribution in [0.25, 0.3) is 21.9 Å². The number of anilines is 1. The Morgan fingerprint density at radius 2 is 1.90 bits per heavy atom. The molecule has 7 nitrogen and oxygen atoms in total. The molecule has 29 heavy (non-hydrogen) atoms. The van der Waals surface area contributed by atoms with E-state index < -0.39 is 10.0 Å². The van der Waals surface area contributed by atoms with Crippen molar-refractivity contribution < 1.29 is 22.4 Å². The van der Waals surface area contributed by atoms with Gasteiger partial charge in [-0.15, -0.1) is 11.3 Å². The van der Waals surface area contributed by atoms with Crippen molar-refractivity contribution in [2.45, 2.75) is 17.7 Å². The highest BCUT2D eigenvalue weighted by molar-refractivity contribution is 7.94. The molecule has 0 aliphatic carbocycles. The van der Waals surface area contributed by atoms with E-state index in [1.54, 1.807) is 18.2 Å². The summed E-state index contributed by atoms with van der Waals surface area (Å²) < 4.78 is 39.7. The van der Waals surface area contributed by atoms with Crippen LogP contribution in [-0.2, 0) is 21.4 Å². The standard InChI is InChI=1S/C20H18N2O5S2/c1-12(23)21-11-13-7-8-20(28-13)29(24,25)22-16-10-18-15(9-19(16)26-2)14-5-3-4-6-17(14)27-18/h3-10,22H,11H2,1-2H3,(H,21,23). The number of nitrogens with one attached hydrogen (secondary N) is 2. The third kappa shape index (κ3) is 3.79.